The zero-order valence-electron chi connectivity index (χ0n) is 9.40. The van der Waals surface area contributed by atoms with Crippen molar-refractivity contribution in [2.24, 2.45) is 0 Å². The van der Waals surface area contributed by atoms with Crippen molar-refractivity contribution in [2.45, 2.75) is 32.2 Å². The third-order valence-electron chi connectivity index (χ3n) is 2.60. The van der Waals surface area contributed by atoms with Crippen LogP contribution in [0.3, 0.4) is 0 Å². The minimum atomic E-state index is -0.799. The molecular formula is C11H14N4O. The zero-order chi connectivity index (χ0) is 12.0. The zero-order valence-corrected chi connectivity index (χ0v) is 9.40. The second-order valence-electron chi connectivity index (χ2n) is 3.48. The van der Waals surface area contributed by atoms with Crippen molar-refractivity contribution in [1.82, 2.24) is 15.3 Å². The summed E-state index contributed by atoms with van der Waals surface area (Å²) in [6, 6.07) is 2.14. The molecule has 84 valence electrons. The number of amides is 1. The Bertz CT molecular complexity index is 392. The van der Waals surface area contributed by atoms with E-state index in [-0.39, 0.29) is 5.91 Å². The second kappa shape index (κ2) is 5.21. The van der Waals surface area contributed by atoms with E-state index in [4.69, 9.17) is 5.26 Å². The highest BCUT2D eigenvalue weighted by molar-refractivity contribution is 5.94. The topological polar surface area (TPSA) is 78.7 Å². The molecule has 0 aromatic carbocycles. The van der Waals surface area contributed by atoms with Gasteiger partial charge >= 0.3 is 0 Å². The number of hydrogen-bond acceptors (Lipinski definition) is 4. The lowest BCUT2D eigenvalue weighted by atomic mass is 9.94. The Hall–Kier alpha value is -1.96. The number of carbonyl (C=O) groups is 1. The molecule has 0 aliphatic carbocycles. The molecule has 1 aromatic rings. The molecule has 0 spiro atoms. The Morgan fingerprint density at radius 3 is 2.44 bits per heavy atom. The van der Waals surface area contributed by atoms with Crippen LogP contribution in [0.1, 0.15) is 37.0 Å². The summed E-state index contributed by atoms with van der Waals surface area (Å²) in [6.07, 6.45) is 5.35. The van der Waals surface area contributed by atoms with Gasteiger partial charge in [0.25, 0.3) is 5.91 Å². The highest BCUT2D eigenvalue weighted by atomic mass is 16.1. The summed E-state index contributed by atoms with van der Waals surface area (Å²) in [7, 11) is 0. The fourth-order valence-electron chi connectivity index (χ4n) is 1.32. The van der Waals surface area contributed by atoms with E-state index in [1.165, 1.54) is 18.7 Å². The van der Waals surface area contributed by atoms with Crippen LogP contribution in [0, 0.1) is 11.3 Å². The molecule has 5 nitrogen and oxygen atoms in total. The molecule has 0 bridgehead atoms. The Labute approximate surface area is 94.5 Å². The average molecular weight is 218 g/mol. The number of rotatable bonds is 4. The average Bonchev–Trinajstić information content (AvgIpc) is 2.37. The van der Waals surface area contributed by atoms with Crippen molar-refractivity contribution in [3.63, 3.8) is 0 Å². The molecule has 0 saturated carbocycles. The van der Waals surface area contributed by atoms with Crippen LogP contribution in [0.2, 0.25) is 0 Å². The normalized spacial score (nSPS) is 10.6. The van der Waals surface area contributed by atoms with Gasteiger partial charge in [-0.2, -0.15) is 5.26 Å². The van der Waals surface area contributed by atoms with Gasteiger partial charge in [-0.05, 0) is 12.8 Å². The van der Waals surface area contributed by atoms with Crippen molar-refractivity contribution >= 4 is 5.91 Å². The summed E-state index contributed by atoms with van der Waals surface area (Å²) in [5.74, 6) is -0.314. The Balaban J connectivity index is 2.82. The van der Waals surface area contributed by atoms with E-state index in [0.29, 0.717) is 18.4 Å². The van der Waals surface area contributed by atoms with E-state index >= 15 is 0 Å². The monoisotopic (exact) mass is 218 g/mol. The maximum atomic E-state index is 11.8. The van der Waals surface area contributed by atoms with Gasteiger partial charge in [0.05, 0.1) is 11.6 Å². The lowest BCUT2D eigenvalue weighted by molar-refractivity contribution is 0.0915. The lowest BCUT2D eigenvalue weighted by Gasteiger charge is -2.24. The Morgan fingerprint density at radius 2 is 2.00 bits per heavy atom. The van der Waals surface area contributed by atoms with Gasteiger partial charge in [-0.25, -0.2) is 9.97 Å². The first kappa shape index (κ1) is 12.1. The number of aromatic nitrogens is 2. The first-order valence-electron chi connectivity index (χ1n) is 5.16. The molecular weight excluding hydrogens is 204 g/mol. The van der Waals surface area contributed by atoms with Crippen LogP contribution < -0.4 is 5.32 Å². The molecule has 0 unspecified atom stereocenters. The van der Waals surface area contributed by atoms with Gasteiger partial charge in [0.1, 0.15) is 11.9 Å². The first-order valence-corrected chi connectivity index (χ1v) is 5.16. The largest absolute Gasteiger partial charge is 0.334 e. The molecule has 16 heavy (non-hydrogen) atoms. The van der Waals surface area contributed by atoms with E-state index in [0.717, 1.165) is 0 Å². The molecule has 0 atom stereocenters. The quantitative estimate of drug-likeness (QED) is 0.825. The van der Waals surface area contributed by atoms with E-state index in [1.807, 2.05) is 13.8 Å². The molecule has 1 rings (SSSR count). The van der Waals surface area contributed by atoms with E-state index in [9.17, 15) is 4.79 Å². The molecule has 0 saturated heterocycles. The van der Waals surface area contributed by atoms with Gasteiger partial charge in [0.15, 0.2) is 0 Å². The number of nitrogens with one attached hydrogen (secondary N) is 1. The fraction of sp³-hybridized carbons (Fsp3) is 0.455. The molecule has 0 aliphatic rings. The van der Waals surface area contributed by atoms with Crippen LogP contribution in [0.25, 0.3) is 0 Å². The van der Waals surface area contributed by atoms with Gasteiger partial charge in [-0.1, -0.05) is 13.8 Å². The van der Waals surface area contributed by atoms with Gasteiger partial charge in [0.2, 0.25) is 0 Å². The Morgan fingerprint density at radius 1 is 1.44 bits per heavy atom. The standard InChI is InChI=1S/C11H14N4O/c1-3-11(4-2,7-12)15-10(16)9-5-13-8-14-6-9/h5-6,8H,3-4H2,1-2H3,(H,15,16). The smallest absolute Gasteiger partial charge is 0.255 e. The highest BCUT2D eigenvalue weighted by Crippen LogP contribution is 2.14. The number of carbonyl (C=O) groups excluding carboxylic acids is 1. The summed E-state index contributed by atoms with van der Waals surface area (Å²) in [4.78, 5) is 19.3. The van der Waals surface area contributed by atoms with Crippen LogP contribution in [0.15, 0.2) is 18.7 Å². The predicted molar refractivity (Wildman–Crippen MR) is 58.4 cm³/mol. The van der Waals surface area contributed by atoms with Crippen molar-refractivity contribution in [3.8, 4) is 6.07 Å². The minimum absolute atomic E-state index is 0.314. The molecule has 1 amide bonds. The molecule has 1 heterocycles. The van der Waals surface area contributed by atoms with Crippen molar-refractivity contribution in [3.05, 3.63) is 24.3 Å². The molecule has 0 radical (unpaired) electrons. The van der Waals surface area contributed by atoms with E-state index < -0.39 is 5.54 Å². The number of nitriles is 1. The summed E-state index contributed by atoms with van der Waals surface area (Å²) in [5.41, 5.74) is -0.434. The van der Waals surface area contributed by atoms with Crippen molar-refractivity contribution < 1.29 is 4.79 Å². The molecule has 1 aromatic heterocycles. The highest BCUT2D eigenvalue weighted by Gasteiger charge is 2.28. The van der Waals surface area contributed by atoms with Gasteiger partial charge in [-0.3, -0.25) is 4.79 Å². The first-order chi connectivity index (χ1) is 7.67. The van der Waals surface area contributed by atoms with E-state index in [1.54, 1.807) is 0 Å². The van der Waals surface area contributed by atoms with Crippen LogP contribution in [0.4, 0.5) is 0 Å². The van der Waals surface area contributed by atoms with Crippen LogP contribution in [-0.2, 0) is 0 Å². The molecule has 0 fully saturated rings. The van der Waals surface area contributed by atoms with Crippen molar-refractivity contribution in [1.29, 1.82) is 5.26 Å². The summed E-state index contributed by atoms with van der Waals surface area (Å²) in [6.45, 7) is 3.74. The maximum absolute atomic E-state index is 11.8. The number of nitrogens with zero attached hydrogens (tertiary/aromatic N) is 3. The summed E-state index contributed by atoms with van der Waals surface area (Å²) in [5, 5.41) is 11.8. The Kier molecular flexibility index (Phi) is 3.95. The third kappa shape index (κ3) is 2.54. The second-order valence-corrected chi connectivity index (χ2v) is 3.48. The summed E-state index contributed by atoms with van der Waals surface area (Å²) >= 11 is 0. The lowest BCUT2D eigenvalue weighted by Crippen LogP contribution is -2.46. The van der Waals surface area contributed by atoms with Crippen molar-refractivity contribution in [2.75, 3.05) is 0 Å². The predicted octanol–water partition coefficient (Wildman–Crippen LogP) is 1.29. The molecule has 1 N–H and O–H groups in total. The maximum Gasteiger partial charge on any atom is 0.255 e. The number of hydrogen-bond donors (Lipinski definition) is 1. The fourth-order valence-corrected chi connectivity index (χ4v) is 1.32. The van der Waals surface area contributed by atoms with Crippen LogP contribution >= 0.6 is 0 Å². The summed E-state index contributed by atoms with van der Waals surface area (Å²) < 4.78 is 0. The third-order valence-corrected chi connectivity index (χ3v) is 2.60. The van der Waals surface area contributed by atoms with Gasteiger partial charge in [0, 0.05) is 12.4 Å². The van der Waals surface area contributed by atoms with Gasteiger partial charge < -0.3 is 5.32 Å². The van der Waals surface area contributed by atoms with Crippen LogP contribution in [-0.4, -0.2) is 21.4 Å². The van der Waals surface area contributed by atoms with Gasteiger partial charge in [-0.15, -0.1) is 0 Å². The molecule has 0 aliphatic heterocycles. The minimum Gasteiger partial charge on any atom is -0.334 e. The molecule has 5 heteroatoms. The SMILES string of the molecule is CCC(C#N)(CC)NC(=O)c1cncnc1. The van der Waals surface area contributed by atoms with Crippen LogP contribution in [0.5, 0.6) is 0 Å². The van der Waals surface area contributed by atoms with E-state index in [2.05, 4.69) is 21.4 Å².